The number of halogens is 2. The summed E-state index contributed by atoms with van der Waals surface area (Å²) >= 11 is 0. The average Bonchev–Trinajstić information content (AvgIpc) is 2.64. The quantitative estimate of drug-likeness (QED) is 0.761. The molecule has 4 heteroatoms. The van der Waals surface area contributed by atoms with Gasteiger partial charge >= 0.3 is 0 Å². The van der Waals surface area contributed by atoms with E-state index in [1.54, 1.807) is 0 Å². The second-order valence-corrected chi connectivity index (χ2v) is 3.13. The zero-order valence-corrected chi connectivity index (χ0v) is 7.56. The molecule has 0 bridgehead atoms. The number of aliphatic imine (C=N–C) groups is 1. The number of benzene rings is 1. The molecule has 1 heterocycles. The maximum atomic E-state index is 13.2. The van der Waals surface area contributed by atoms with Crippen LogP contribution in [0.2, 0.25) is 0 Å². The van der Waals surface area contributed by atoms with Gasteiger partial charge in [-0.25, -0.2) is 8.78 Å². The molecule has 1 aliphatic heterocycles. The minimum Gasteiger partial charge on any atom is -0.372 e. The van der Waals surface area contributed by atoms with Gasteiger partial charge in [0.15, 0.2) is 0 Å². The minimum atomic E-state index is -0.513. The molecule has 0 fully saturated rings. The Labute approximate surface area is 80.7 Å². The first-order chi connectivity index (χ1) is 6.77. The molecule has 0 radical (unpaired) electrons. The summed E-state index contributed by atoms with van der Waals surface area (Å²) in [5.41, 5.74) is 0.0839. The van der Waals surface area contributed by atoms with Gasteiger partial charge < -0.3 is 5.32 Å². The highest BCUT2D eigenvalue weighted by Gasteiger charge is 2.13. The van der Waals surface area contributed by atoms with Gasteiger partial charge in [0.2, 0.25) is 0 Å². The van der Waals surface area contributed by atoms with Gasteiger partial charge in [0, 0.05) is 18.5 Å². The molecular weight excluding hydrogens is 186 g/mol. The zero-order chi connectivity index (χ0) is 9.97. The summed E-state index contributed by atoms with van der Waals surface area (Å²) in [5.74, 6) is -0.364. The molecule has 1 aromatic rings. The lowest BCUT2D eigenvalue weighted by Crippen LogP contribution is -2.21. The first-order valence-corrected chi connectivity index (χ1v) is 4.47. The highest BCUT2D eigenvalue weighted by Crippen LogP contribution is 2.13. The average molecular weight is 196 g/mol. The van der Waals surface area contributed by atoms with E-state index in [2.05, 4.69) is 10.3 Å². The fourth-order valence-electron chi connectivity index (χ4n) is 1.43. The summed E-state index contributed by atoms with van der Waals surface area (Å²) in [5, 5.41) is 2.98. The Hall–Kier alpha value is -1.45. The van der Waals surface area contributed by atoms with Gasteiger partial charge in [-0.2, -0.15) is 0 Å². The van der Waals surface area contributed by atoms with Gasteiger partial charge in [0.1, 0.15) is 17.5 Å². The second-order valence-electron chi connectivity index (χ2n) is 3.13. The lowest BCUT2D eigenvalue weighted by Gasteiger charge is -2.04. The fraction of sp³-hybridized carbons (Fsp3) is 0.300. The van der Waals surface area contributed by atoms with E-state index in [-0.39, 0.29) is 12.0 Å². The first-order valence-electron chi connectivity index (χ1n) is 4.47. The maximum Gasteiger partial charge on any atom is 0.129 e. The lowest BCUT2D eigenvalue weighted by atomic mass is 10.1. The van der Waals surface area contributed by atoms with Crippen LogP contribution in [0.15, 0.2) is 23.2 Å². The monoisotopic (exact) mass is 196 g/mol. The highest BCUT2D eigenvalue weighted by atomic mass is 19.1. The molecule has 0 aliphatic carbocycles. The van der Waals surface area contributed by atoms with Crippen LogP contribution in [0.3, 0.4) is 0 Å². The molecule has 2 nitrogen and oxygen atoms in total. The molecule has 1 N–H and O–H groups in total. The molecule has 1 aromatic carbocycles. The van der Waals surface area contributed by atoms with Crippen LogP contribution >= 0.6 is 0 Å². The number of amidine groups is 1. The van der Waals surface area contributed by atoms with Gasteiger partial charge in [-0.1, -0.05) is 6.07 Å². The summed E-state index contributed by atoms with van der Waals surface area (Å²) in [6.45, 7) is 1.44. The van der Waals surface area contributed by atoms with Crippen LogP contribution in [0.4, 0.5) is 8.78 Å². The molecule has 1 aliphatic rings. The van der Waals surface area contributed by atoms with Gasteiger partial charge in [0.25, 0.3) is 0 Å². The van der Waals surface area contributed by atoms with Gasteiger partial charge in [0.05, 0.1) is 6.54 Å². The molecule has 14 heavy (non-hydrogen) atoms. The summed E-state index contributed by atoms with van der Waals surface area (Å²) < 4.78 is 26.4. The van der Waals surface area contributed by atoms with Crippen molar-refractivity contribution >= 4 is 5.84 Å². The Morgan fingerprint density at radius 2 is 2.00 bits per heavy atom. The van der Waals surface area contributed by atoms with Crippen molar-refractivity contribution in [2.45, 2.75) is 6.42 Å². The largest absolute Gasteiger partial charge is 0.372 e. The maximum absolute atomic E-state index is 13.2. The van der Waals surface area contributed by atoms with Gasteiger partial charge in [-0.15, -0.1) is 0 Å². The Bertz CT molecular complexity index is 354. The summed E-state index contributed by atoms with van der Waals surface area (Å²) in [6.07, 6.45) is 0.207. The van der Waals surface area contributed by atoms with E-state index in [1.165, 1.54) is 18.2 Å². The Balaban J connectivity index is 2.23. The van der Waals surface area contributed by atoms with Crippen LogP contribution in [-0.4, -0.2) is 18.9 Å². The van der Waals surface area contributed by atoms with Crippen LogP contribution in [-0.2, 0) is 6.42 Å². The summed E-state index contributed by atoms with van der Waals surface area (Å²) in [4.78, 5) is 4.09. The summed E-state index contributed by atoms with van der Waals surface area (Å²) in [6, 6.07) is 3.87. The molecule has 0 amide bonds. The molecule has 0 unspecified atom stereocenters. The molecule has 0 saturated heterocycles. The van der Waals surface area contributed by atoms with Crippen LogP contribution < -0.4 is 5.32 Å². The highest BCUT2D eigenvalue weighted by molar-refractivity contribution is 5.85. The van der Waals surface area contributed by atoms with Crippen LogP contribution in [0.1, 0.15) is 5.56 Å². The van der Waals surface area contributed by atoms with Crippen molar-refractivity contribution in [2.24, 2.45) is 4.99 Å². The van der Waals surface area contributed by atoms with E-state index < -0.39 is 11.6 Å². The smallest absolute Gasteiger partial charge is 0.129 e. The Morgan fingerprint density at radius 3 is 2.57 bits per heavy atom. The van der Waals surface area contributed by atoms with Crippen molar-refractivity contribution in [1.29, 1.82) is 0 Å². The number of nitrogens with zero attached hydrogens (tertiary/aromatic N) is 1. The van der Waals surface area contributed by atoms with E-state index in [0.717, 1.165) is 6.54 Å². The van der Waals surface area contributed by atoms with Crippen LogP contribution in [0, 0.1) is 11.6 Å². The number of rotatable bonds is 2. The minimum absolute atomic E-state index is 0.0839. The van der Waals surface area contributed by atoms with Crippen molar-refractivity contribution in [3.05, 3.63) is 35.4 Å². The second kappa shape index (κ2) is 3.74. The van der Waals surface area contributed by atoms with Crippen molar-refractivity contribution in [3.8, 4) is 0 Å². The molecule has 0 spiro atoms. The predicted octanol–water partition coefficient (Wildman–Crippen LogP) is 1.51. The number of hydrogen-bond donors (Lipinski definition) is 1. The van der Waals surface area contributed by atoms with E-state index in [0.29, 0.717) is 12.4 Å². The molecule has 0 aromatic heterocycles. The Kier molecular flexibility index (Phi) is 2.43. The third-order valence-corrected chi connectivity index (χ3v) is 2.15. The van der Waals surface area contributed by atoms with Crippen molar-refractivity contribution in [3.63, 3.8) is 0 Å². The van der Waals surface area contributed by atoms with E-state index in [4.69, 9.17) is 0 Å². The fourth-order valence-corrected chi connectivity index (χ4v) is 1.43. The number of nitrogens with one attached hydrogen (secondary N) is 1. The zero-order valence-electron chi connectivity index (χ0n) is 7.56. The normalized spacial score (nSPS) is 15.1. The Morgan fingerprint density at radius 1 is 1.29 bits per heavy atom. The molecule has 74 valence electrons. The van der Waals surface area contributed by atoms with Crippen molar-refractivity contribution in [1.82, 2.24) is 5.32 Å². The third kappa shape index (κ3) is 1.73. The molecule has 2 rings (SSSR count). The predicted molar refractivity (Wildman–Crippen MR) is 50.4 cm³/mol. The first kappa shape index (κ1) is 9.12. The lowest BCUT2D eigenvalue weighted by molar-refractivity contribution is 0.564. The number of hydrogen-bond acceptors (Lipinski definition) is 2. The summed E-state index contributed by atoms with van der Waals surface area (Å²) in [7, 11) is 0. The molecule has 0 saturated carbocycles. The SMILES string of the molecule is Fc1cccc(F)c1CC1=NCCN1. The molecule has 0 atom stereocenters. The van der Waals surface area contributed by atoms with Gasteiger partial charge in [-0.05, 0) is 12.1 Å². The molecular formula is C10H10F2N2. The van der Waals surface area contributed by atoms with Crippen LogP contribution in [0.25, 0.3) is 0 Å². The van der Waals surface area contributed by atoms with Crippen molar-refractivity contribution < 1.29 is 8.78 Å². The standard InChI is InChI=1S/C10H10F2N2/c11-8-2-1-3-9(12)7(8)6-10-13-4-5-14-10/h1-3H,4-6H2,(H,13,14). The van der Waals surface area contributed by atoms with E-state index >= 15 is 0 Å². The third-order valence-electron chi connectivity index (χ3n) is 2.15. The van der Waals surface area contributed by atoms with E-state index in [1.807, 2.05) is 0 Å². The van der Waals surface area contributed by atoms with Gasteiger partial charge in [-0.3, -0.25) is 4.99 Å². The van der Waals surface area contributed by atoms with E-state index in [9.17, 15) is 8.78 Å². The van der Waals surface area contributed by atoms with Crippen molar-refractivity contribution in [2.75, 3.05) is 13.1 Å². The van der Waals surface area contributed by atoms with Crippen LogP contribution in [0.5, 0.6) is 0 Å². The topological polar surface area (TPSA) is 24.4 Å².